The maximum Gasteiger partial charge on any atom is 0.454 e. The number of hydrazone groups is 1. The number of para-hydroxylation sites is 1. The number of hydrogen-bond acceptors (Lipinski definition) is 3. The predicted molar refractivity (Wildman–Crippen MR) is 108 cm³/mol. The monoisotopic (exact) mass is 394 g/mol. The molecular formula is C23H17F3N2O. The highest BCUT2D eigenvalue weighted by Crippen LogP contribution is 2.29. The van der Waals surface area contributed by atoms with E-state index >= 15 is 0 Å². The van der Waals surface area contributed by atoms with Gasteiger partial charge in [-0.2, -0.15) is 18.3 Å². The Morgan fingerprint density at radius 2 is 1.31 bits per heavy atom. The van der Waals surface area contributed by atoms with E-state index in [0.717, 1.165) is 5.56 Å². The van der Waals surface area contributed by atoms with E-state index in [-0.39, 0.29) is 5.70 Å². The minimum absolute atomic E-state index is 0.0197. The molecule has 29 heavy (non-hydrogen) atoms. The Labute approximate surface area is 166 Å². The van der Waals surface area contributed by atoms with Crippen LogP contribution >= 0.6 is 0 Å². The third kappa shape index (κ3) is 5.42. The van der Waals surface area contributed by atoms with Gasteiger partial charge in [0.25, 0.3) is 5.78 Å². The van der Waals surface area contributed by atoms with Crippen molar-refractivity contribution < 1.29 is 18.0 Å². The molecule has 3 aromatic carbocycles. The summed E-state index contributed by atoms with van der Waals surface area (Å²) in [6.07, 6.45) is -2.88. The molecule has 0 saturated carbocycles. The van der Waals surface area contributed by atoms with Crippen LogP contribution in [0, 0.1) is 0 Å². The molecule has 3 nitrogen and oxygen atoms in total. The van der Waals surface area contributed by atoms with E-state index < -0.39 is 12.0 Å². The molecule has 0 aliphatic rings. The van der Waals surface area contributed by atoms with E-state index in [4.69, 9.17) is 0 Å². The summed E-state index contributed by atoms with van der Waals surface area (Å²) in [5, 5.41) is 5.72. The number of hydrogen-bond donors (Lipinski definition) is 0. The van der Waals surface area contributed by atoms with Gasteiger partial charge in [0.1, 0.15) is 0 Å². The summed E-state index contributed by atoms with van der Waals surface area (Å²) in [6, 6.07) is 26.2. The Kier molecular flexibility index (Phi) is 6.24. The normalized spacial score (nSPS) is 12.2. The van der Waals surface area contributed by atoms with E-state index in [1.165, 1.54) is 11.2 Å². The largest absolute Gasteiger partial charge is 0.454 e. The van der Waals surface area contributed by atoms with Crippen molar-refractivity contribution in [3.63, 3.8) is 0 Å². The second-order valence-corrected chi connectivity index (χ2v) is 6.06. The number of rotatable bonds is 6. The Morgan fingerprint density at radius 3 is 1.86 bits per heavy atom. The lowest BCUT2D eigenvalue weighted by Gasteiger charge is -2.23. The zero-order valence-corrected chi connectivity index (χ0v) is 15.3. The van der Waals surface area contributed by atoms with E-state index in [1.807, 2.05) is 30.3 Å². The number of nitrogens with zero attached hydrogens (tertiary/aromatic N) is 2. The number of carbonyl (C=O) groups excluding carboxylic acids is 1. The average molecular weight is 394 g/mol. The van der Waals surface area contributed by atoms with Crippen LogP contribution in [0.25, 0.3) is 5.70 Å². The van der Waals surface area contributed by atoms with Crippen molar-refractivity contribution in [3.8, 4) is 0 Å². The third-order valence-corrected chi connectivity index (χ3v) is 3.97. The summed E-state index contributed by atoms with van der Waals surface area (Å²) in [4.78, 5) is 11.8. The van der Waals surface area contributed by atoms with E-state index in [1.54, 1.807) is 60.7 Å². The fraction of sp³-hybridized carbons (Fsp3) is 0.0435. The van der Waals surface area contributed by atoms with Gasteiger partial charge < -0.3 is 0 Å². The Bertz CT molecular complexity index is 999. The van der Waals surface area contributed by atoms with Crippen molar-refractivity contribution in [2.24, 2.45) is 5.10 Å². The molecule has 0 saturated heterocycles. The maximum atomic E-state index is 13.0. The summed E-state index contributed by atoms with van der Waals surface area (Å²) in [5.41, 5.74) is 1.73. The molecular weight excluding hydrogens is 377 g/mol. The molecule has 0 bridgehead atoms. The molecule has 0 aromatic heterocycles. The highest BCUT2D eigenvalue weighted by molar-refractivity contribution is 6.02. The van der Waals surface area contributed by atoms with Crippen LogP contribution in [-0.4, -0.2) is 18.2 Å². The van der Waals surface area contributed by atoms with Crippen molar-refractivity contribution in [2.75, 3.05) is 5.01 Å². The van der Waals surface area contributed by atoms with Crippen LogP contribution in [0.5, 0.6) is 0 Å². The van der Waals surface area contributed by atoms with Crippen LogP contribution in [0.3, 0.4) is 0 Å². The van der Waals surface area contributed by atoms with Crippen molar-refractivity contribution in [3.05, 3.63) is 108 Å². The Hall–Kier alpha value is -3.67. The van der Waals surface area contributed by atoms with E-state index in [0.29, 0.717) is 17.3 Å². The molecule has 3 aromatic rings. The summed E-state index contributed by atoms with van der Waals surface area (Å²) < 4.78 is 39.0. The van der Waals surface area contributed by atoms with Crippen molar-refractivity contribution in [2.45, 2.75) is 6.18 Å². The van der Waals surface area contributed by atoms with Crippen LogP contribution in [0.1, 0.15) is 11.1 Å². The van der Waals surface area contributed by atoms with Crippen LogP contribution < -0.4 is 5.01 Å². The molecule has 0 heterocycles. The smallest absolute Gasteiger partial charge is 0.285 e. The van der Waals surface area contributed by atoms with Gasteiger partial charge in [0.15, 0.2) is 0 Å². The second-order valence-electron chi connectivity index (χ2n) is 6.06. The Balaban J connectivity index is 2.13. The second kappa shape index (κ2) is 9.01. The zero-order chi connectivity index (χ0) is 20.7. The fourth-order valence-electron chi connectivity index (χ4n) is 2.58. The van der Waals surface area contributed by atoms with Gasteiger partial charge in [0.05, 0.1) is 17.6 Å². The molecule has 0 amide bonds. The molecule has 0 aliphatic heterocycles. The third-order valence-electron chi connectivity index (χ3n) is 3.97. The lowest BCUT2D eigenvalue weighted by atomic mass is 10.1. The number of carbonyl (C=O) groups is 1. The number of benzene rings is 3. The van der Waals surface area contributed by atoms with Gasteiger partial charge >= 0.3 is 6.18 Å². The molecule has 0 atom stereocenters. The van der Waals surface area contributed by atoms with Crippen LogP contribution in [0.15, 0.2) is 102 Å². The van der Waals surface area contributed by atoms with Gasteiger partial charge in [-0.25, -0.2) is 5.01 Å². The minimum Gasteiger partial charge on any atom is -0.285 e. The summed E-state index contributed by atoms with van der Waals surface area (Å²) >= 11 is 0. The van der Waals surface area contributed by atoms with Crippen molar-refractivity contribution in [1.82, 2.24) is 0 Å². The van der Waals surface area contributed by atoms with Crippen molar-refractivity contribution >= 4 is 23.4 Å². The molecule has 0 N–H and O–H groups in total. The van der Waals surface area contributed by atoms with Gasteiger partial charge in [-0.3, -0.25) is 4.79 Å². The highest BCUT2D eigenvalue weighted by atomic mass is 19.4. The van der Waals surface area contributed by atoms with Gasteiger partial charge in [-0.05, 0) is 17.7 Å². The molecule has 0 aliphatic carbocycles. The molecule has 0 fully saturated rings. The first-order valence-electron chi connectivity index (χ1n) is 8.77. The van der Waals surface area contributed by atoms with Gasteiger partial charge in [0.2, 0.25) is 0 Å². The van der Waals surface area contributed by atoms with Crippen molar-refractivity contribution in [1.29, 1.82) is 0 Å². The zero-order valence-electron chi connectivity index (χ0n) is 15.3. The minimum atomic E-state index is -4.98. The molecule has 0 unspecified atom stereocenters. The lowest BCUT2D eigenvalue weighted by molar-refractivity contribution is -0.165. The van der Waals surface area contributed by atoms with Crippen LogP contribution in [-0.2, 0) is 4.79 Å². The first kappa shape index (κ1) is 20.1. The number of halogens is 3. The SMILES string of the molecule is O=C(/C=C(\c1ccccc1)N(/N=C/c1ccccc1)c1ccccc1)C(F)(F)F. The van der Waals surface area contributed by atoms with Gasteiger partial charge in [-0.15, -0.1) is 0 Å². The average Bonchev–Trinajstić information content (AvgIpc) is 2.74. The fourth-order valence-corrected chi connectivity index (χ4v) is 2.58. The van der Waals surface area contributed by atoms with Gasteiger partial charge in [-0.1, -0.05) is 78.9 Å². The van der Waals surface area contributed by atoms with Gasteiger partial charge in [0, 0.05) is 11.6 Å². The topological polar surface area (TPSA) is 32.7 Å². The molecule has 3 rings (SSSR count). The molecule has 0 spiro atoms. The lowest BCUT2D eigenvalue weighted by Crippen LogP contribution is -2.23. The molecule has 0 radical (unpaired) electrons. The maximum absolute atomic E-state index is 13.0. The molecule has 146 valence electrons. The standard InChI is InChI=1S/C23H17F3N2O/c24-23(25,26)22(29)16-21(19-12-6-2-7-13-19)28(20-14-8-3-9-15-20)27-17-18-10-4-1-5-11-18/h1-17H/b21-16+,27-17+. The summed E-state index contributed by atoms with van der Waals surface area (Å²) in [6.45, 7) is 0. The summed E-state index contributed by atoms with van der Waals surface area (Å²) in [5.74, 6) is -1.95. The quantitative estimate of drug-likeness (QED) is 0.305. The number of ketones is 1. The predicted octanol–water partition coefficient (Wildman–Crippen LogP) is 5.70. The molecule has 6 heteroatoms. The summed E-state index contributed by atoms with van der Waals surface area (Å²) in [7, 11) is 0. The van der Waals surface area contributed by atoms with Crippen LogP contribution in [0.4, 0.5) is 18.9 Å². The Morgan fingerprint density at radius 1 is 0.793 bits per heavy atom. The number of allylic oxidation sites excluding steroid dienone is 1. The van der Waals surface area contributed by atoms with E-state index in [2.05, 4.69) is 5.10 Å². The van der Waals surface area contributed by atoms with Crippen LogP contribution in [0.2, 0.25) is 0 Å². The van der Waals surface area contributed by atoms with E-state index in [9.17, 15) is 18.0 Å². The first-order valence-corrected chi connectivity index (χ1v) is 8.77. The number of anilines is 1. The first-order chi connectivity index (χ1) is 13.9. The number of alkyl halides is 3. The highest BCUT2D eigenvalue weighted by Gasteiger charge is 2.37.